The van der Waals surface area contributed by atoms with Crippen LogP contribution in [-0.2, 0) is 4.79 Å². The number of carbonyl (C=O) groups is 1. The number of carbonyl (C=O) groups excluding carboxylic acids is 1. The third kappa shape index (κ3) is 3.45. The predicted molar refractivity (Wildman–Crippen MR) is 78.5 cm³/mol. The molecule has 0 spiro atoms. The van der Waals surface area contributed by atoms with Gasteiger partial charge in [0.2, 0.25) is 5.91 Å². The van der Waals surface area contributed by atoms with Gasteiger partial charge in [-0.2, -0.15) is 0 Å². The van der Waals surface area contributed by atoms with Crippen molar-refractivity contribution in [2.24, 2.45) is 5.73 Å². The summed E-state index contributed by atoms with van der Waals surface area (Å²) in [5, 5.41) is 4.08. The molecule has 1 aromatic heterocycles. The van der Waals surface area contributed by atoms with E-state index in [1.54, 1.807) is 6.20 Å². The highest BCUT2D eigenvalue weighted by atomic mass is 16.5. The van der Waals surface area contributed by atoms with Gasteiger partial charge >= 0.3 is 0 Å². The lowest BCUT2D eigenvalue weighted by Gasteiger charge is -2.19. The summed E-state index contributed by atoms with van der Waals surface area (Å²) < 4.78 is 5.72. The summed E-state index contributed by atoms with van der Waals surface area (Å²) in [6.07, 6.45) is 1.72. The molecule has 20 heavy (non-hydrogen) atoms. The van der Waals surface area contributed by atoms with Crippen LogP contribution in [-0.4, -0.2) is 29.6 Å². The number of nitrogens with zero attached hydrogens (tertiary/aromatic N) is 1. The van der Waals surface area contributed by atoms with Crippen LogP contribution < -0.4 is 15.8 Å². The molecule has 5 nitrogen and oxygen atoms in total. The van der Waals surface area contributed by atoms with Crippen LogP contribution >= 0.6 is 0 Å². The number of rotatable bonds is 6. The molecular formula is C15H19N3O2. The molecule has 1 unspecified atom stereocenters. The zero-order valence-electron chi connectivity index (χ0n) is 11.7. The zero-order chi connectivity index (χ0) is 14.5. The molecule has 3 N–H and O–H groups in total. The standard InChI is InChI=1S/C15H19N3O2/c1-10(2)18-12(15(16)19)9-20-13-7-3-5-11-6-4-8-17-14(11)13/h3-8,10,12,18H,9H2,1-2H3,(H2,16,19). The number of nitrogens with one attached hydrogen (secondary N) is 1. The summed E-state index contributed by atoms with van der Waals surface area (Å²) in [5.74, 6) is 0.229. The van der Waals surface area contributed by atoms with Gasteiger partial charge in [0, 0.05) is 17.6 Å². The number of para-hydroxylation sites is 1. The van der Waals surface area contributed by atoms with Crippen LogP contribution in [0, 0.1) is 0 Å². The Morgan fingerprint density at radius 3 is 2.80 bits per heavy atom. The average molecular weight is 273 g/mol. The van der Waals surface area contributed by atoms with Crippen LogP contribution in [0.25, 0.3) is 10.9 Å². The molecule has 106 valence electrons. The molecule has 1 aromatic carbocycles. The van der Waals surface area contributed by atoms with E-state index in [-0.39, 0.29) is 12.6 Å². The van der Waals surface area contributed by atoms with Crippen molar-refractivity contribution in [1.82, 2.24) is 10.3 Å². The Kier molecular flexibility index (Phi) is 4.53. The SMILES string of the molecule is CC(C)NC(COc1cccc2cccnc12)C(N)=O. The lowest BCUT2D eigenvalue weighted by Crippen LogP contribution is -2.48. The van der Waals surface area contributed by atoms with Crippen LogP contribution in [0.1, 0.15) is 13.8 Å². The monoisotopic (exact) mass is 273 g/mol. The maximum absolute atomic E-state index is 11.4. The van der Waals surface area contributed by atoms with Gasteiger partial charge in [0.1, 0.15) is 23.9 Å². The number of aromatic nitrogens is 1. The highest BCUT2D eigenvalue weighted by molar-refractivity contribution is 5.84. The van der Waals surface area contributed by atoms with Crippen molar-refractivity contribution < 1.29 is 9.53 Å². The highest BCUT2D eigenvalue weighted by Gasteiger charge is 2.17. The Morgan fingerprint density at radius 1 is 1.35 bits per heavy atom. The fourth-order valence-corrected chi connectivity index (χ4v) is 1.98. The fraction of sp³-hybridized carbons (Fsp3) is 0.333. The Labute approximate surface area is 118 Å². The number of amides is 1. The first-order chi connectivity index (χ1) is 9.58. The lowest BCUT2D eigenvalue weighted by atomic mass is 10.2. The minimum absolute atomic E-state index is 0.154. The number of hydrogen-bond donors (Lipinski definition) is 2. The van der Waals surface area contributed by atoms with Crippen molar-refractivity contribution in [3.8, 4) is 5.75 Å². The second-order valence-corrected chi connectivity index (χ2v) is 4.92. The summed E-state index contributed by atoms with van der Waals surface area (Å²) in [5.41, 5.74) is 6.15. The second kappa shape index (κ2) is 6.34. The third-order valence-electron chi connectivity index (χ3n) is 2.88. The van der Waals surface area contributed by atoms with Crippen molar-refractivity contribution in [3.05, 3.63) is 36.5 Å². The molecular weight excluding hydrogens is 254 g/mol. The molecule has 0 saturated carbocycles. The Morgan fingerprint density at radius 2 is 2.10 bits per heavy atom. The summed E-state index contributed by atoms with van der Waals surface area (Å²) >= 11 is 0. The molecule has 2 aromatic rings. The lowest BCUT2D eigenvalue weighted by molar-refractivity contribution is -0.120. The summed E-state index contributed by atoms with van der Waals surface area (Å²) in [6, 6.07) is 9.17. The van der Waals surface area contributed by atoms with Gasteiger partial charge in [0.05, 0.1) is 0 Å². The normalized spacial score (nSPS) is 12.6. The largest absolute Gasteiger partial charge is 0.489 e. The molecule has 0 aliphatic heterocycles. The van der Waals surface area contributed by atoms with Crippen molar-refractivity contribution in [3.63, 3.8) is 0 Å². The van der Waals surface area contributed by atoms with Crippen molar-refractivity contribution in [2.45, 2.75) is 25.9 Å². The molecule has 0 fully saturated rings. The first kappa shape index (κ1) is 14.3. The van der Waals surface area contributed by atoms with E-state index in [9.17, 15) is 4.79 Å². The summed E-state index contributed by atoms with van der Waals surface area (Å²) in [7, 11) is 0. The molecule has 2 rings (SSSR count). The van der Waals surface area contributed by atoms with Crippen LogP contribution in [0.15, 0.2) is 36.5 Å². The minimum Gasteiger partial charge on any atom is -0.489 e. The molecule has 0 aliphatic carbocycles. The molecule has 1 atom stereocenters. The first-order valence-electron chi connectivity index (χ1n) is 6.60. The van der Waals surface area contributed by atoms with Gasteiger partial charge in [-0.25, -0.2) is 0 Å². The van der Waals surface area contributed by atoms with Gasteiger partial charge in [-0.3, -0.25) is 9.78 Å². The van der Waals surface area contributed by atoms with Crippen molar-refractivity contribution >= 4 is 16.8 Å². The molecule has 0 saturated heterocycles. The molecule has 1 amide bonds. The molecule has 5 heteroatoms. The number of benzene rings is 1. The van der Waals surface area contributed by atoms with Crippen molar-refractivity contribution in [1.29, 1.82) is 0 Å². The maximum atomic E-state index is 11.4. The third-order valence-corrected chi connectivity index (χ3v) is 2.88. The van der Waals surface area contributed by atoms with Gasteiger partial charge < -0.3 is 15.8 Å². The number of primary amides is 1. The topological polar surface area (TPSA) is 77.2 Å². The number of fused-ring (bicyclic) bond motifs is 1. The zero-order valence-corrected chi connectivity index (χ0v) is 11.7. The van der Waals surface area contributed by atoms with E-state index in [2.05, 4.69) is 10.3 Å². The number of ether oxygens (including phenoxy) is 1. The smallest absolute Gasteiger partial charge is 0.238 e. The van der Waals surface area contributed by atoms with E-state index in [4.69, 9.17) is 10.5 Å². The Balaban J connectivity index is 2.13. The molecule has 1 heterocycles. The quantitative estimate of drug-likeness (QED) is 0.835. The average Bonchev–Trinajstić information content (AvgIpc) is 2.42. The maximum Gasteiger partial charge on any atom is 0.238 e. The van der Waals surface area contributed by atoms with E-state index in [1.807, 2.05) is 44.2 Å². The van der Waals surface area contributed by atoms with E-state index in [0.717, 1.165) is 10.9 Å². The minimum atomic E-state index is -0.519. The number of nitrogens with two attached hydrogens (primary N) is 1. The van der Waals surface area contributed by atoms with Gasteiger partial charge in [-0.1, -0.05) is 32.0 Å². The van der Waals surface area contributed by atoms with E-state index >= 15 is 0 Å². The van der Waals surface area contributed by atoms with Crippen LogP contribution in [0.4, 0.5) is 0 Å². The summed E-state index contributed by atoms with van der Waals surface area (Å²) in [6.45, 7) is 4.09. The molecule has 0 aliphatic rings. The summed E-state index contributed by atoms with van der Waals surface area (Å²) in [4.78, 5) is 15.7. The molecule has 0 bridgehead atoms. The van der Waals surface area contributed by atoms with Crippen molar-refractivity contribution in [2.75, 3.05) is 6.61 Å². The van der Waals surface area contributed by atoms with Gasteiger partial charge in [-0.05, 0) is 12.1 Å². The number of pyridine rings is 1. The van der Waals surface area contributed by atoms with Gasteiger partial charge in [0.25, 0.3) is 0 Å². The predicted octanol–water partition coefficient (Wildman–Crippen LogP) is 1.47. The Hall–Kier alpha value is -2.14. The van der Waals surface area contributed by atoms with Gasteiger partial charge in [-0.15, -0.1) is 0 Å². The van der Waals surface area contributed by atoms with E-state index < -0.39 is 11.9 Å². The fourth-order valence-electron chi connectivity index (χ4n) is 1.98. The first-order valence-corrected chi connectivity index (χ1v) is 6.60. The number of hydrogen-bond acceptors (Lipinski definition) is 4. The highest BCUT2D eigenvalue weighted by Crippen LogP contribution is 2.22. The van der Waals surface area contributed by atoms with Crippen LogP contribution in [0.3, 0.4) is 0 Å². The Bertz CT molecular complexity index is 593. The van der Waals surface area contributed by atoms with Gasteiger partial charge in [0.15, 0.2) is 0 Å². The van der Waals surface area contributed by atoms with E-state index in [0.29, 0.717) is 5.75 Å². The van der Waals surface area contributed by atoms with Crippen LogP contribution in [0.5, 0.6) is 5.75 Å². The van der Waals surface area contributed by atoms with Crippen LogP contribution in [0.2, 0.25) is 0 Å². The second-order valence-electron chi connectivity index (χ2n) is 4.92. The van der Waals surface area contributed by atoms with E-state index in [1.165, 1.54) is 0 Å². The molecule has 0 radical (unpaired) electrons.